The molecule has 0 radical (unpaired) electrons. The first kappa shape index (κ1) is 19.1. The number of nitrogens with zero attached hydrogens (tertiary/aromatic N) is 1. The number of nitrogens with two attached hydrogens (primary N) is 1. The minimum absolute atomic E-state index is 0.0127. The van der Waals surface area contributed by atoms with Crippen LogP contribution in [0.5, 0.6) is 0 Å². The van der Waals surface area contributed by atoms with E-state index in [0.29, 0.717) is 18.7 Å². The lowest BCUT2D eigenvalue weighted by atomic mass is 10.0. The van der Waals surface area contributed by atoms with Crippen molar-refractivity contribution in [3.8, 4) is 0 Å². The summed E-state index contributed by atoms with van der Waals surface area (Å²) in [5.74, 6) is -3.26. The summed E-state index contributed by atoms with van der Waals surface area (Å²) >= 11 is 0. The first-order chi connectivity index (χ1) is 12.4. The van der Waals surface area contributed by atoms with Crippen LogP contribution in [0.2, 0.25) is 0 Å². The van der Waals surface area contributed by atoms with E-state index in [2.05, 4.69) is 10.6 Å². The number of hydrogen-bond acceptors (Lipinski definition) is 4. The van der Waals surface area contributed by atoms with Crippen molar-refractivity contribution in [1.82, 2.24) is 15.5 Å². The van der Waals surface area contributed by atoms with Crippen LogP contribution >= 0.6 is 0 Å². The van der Waals surface area contributed by atoms with Crippen LogP contribution < -0.4 is 16.4 Å². The summed E-state index contributed by atoms with van der Waals surface area (Å²) in [5, 5.41) is 6.64. The third-order valence-electron chi connectivity index (χ3n) is 5.13. The summed E-state index contributed by atoms with van der Waals surface area (Å²) < 4.78 is 40.0. The summed E-state index contributed by atoms with van der Waals surface area (Å²) in [6.07, 6.45) is 1.94. The zero-order chi connectivity index (χ0) is 18.7. The highest BCUT2D eigenvalue weighted by atomic mass is 19.2. The summed E-state index contributed by atoms with van der Waals surface area (Å²) in [6.45, 7) is 3.35. The van der Waals surface area contributed by atoms with E-state index in [1.54, 1.807) is 0 Å². The average molecular weight is 370 g/mol. The minimum atomic E-state index is -1.23. The van der Waals surface area contributed by atoms with Gasteiger partial charge in [-0.3, -0.25) is 4.79 Å². The van der Waals surface area contributed by atoms with Crippen molar-refractivity contribution in [2.75, 3.05) is 26.2 Å². The predicted octanol–water partition coefficient (Wildman–Crippen LogP) is 0.916. The summed E-state index contributed by atoms with van der Waals surface area (Å²) in [4.78, 5) is 14.4. The van der Waals surface area contributed by atoms with Gasteiger partial charge >= 0.3 is 0 Å². The van der Waals surface area contributed by atoms with Crippen molar-refractivity contribution < 1.29 is 18.0 Å². The second-order valence-corrected chi connectivity index (χ2v) is 7.17. The Labute approximate surface area is 151 Å². The Morgan fingerprint density at radius 3 is 2.69 bits per heavy atom. The van der Waals surface area contributed by atoms with Gasteiger partial charge in [-0.15, -0.1) is 0 Å². The maximum Gasteiger partial charge on any atom is 0.224 e. The molecule has 1 unspecified atom stereocenters. The van der Waals surface area contributed by atoms with Crippen LogP contribution in [-0.4, -0.2) is 55.1 Å². The van der Waals surface area contributed by atoms with Crippen LogP contribution in [0.1, 0.15) is 24.8 Å². The second kappa shape index (κ2) is 8.37. The van der Waals surface area contributed by atoms with Gasteiger partial charge in [0.2, 0.25) is 5.91 Å². The van der Waals surface area contributed by atoms with Crippen LogP contribution in [0.4, 0.5) is 13.2 Å². The third-order valence-corrected chi connectivity index (χ3v) is 5.13. The first-order valence-corrected chi connectivity index (χ1v) is 9.06. The second-order valence-electron chi connectivity index (χ2n) is 7.17. The highest BCUT2D eigenvalue weighted by Crippen LogP contribution is 2.20. The fourth-order valence-corrected chi connectivity index (χ4v) is 3.53. The molecule has 8 heteroatoms. The smallest absolute Gasteiger partial charge is 0.224 e. The Balaban J connectivity index is 1.52. The molecule has 2 heterocycles. The Hall–Kier alpha value is -1.64. The number of amides is 1. The van der Waals surface area contributed by atoms with Gasteiger partial charge in [0.15, 0.2) is 11.6 Å². The SMILES string of the molecule is N[C@@H](CC(=O)N1CCCC1CNC1CNC1)Cc1cc(F)c(F)cc1F. The number of carbonyl (C=O) groups excluding carboxylic acids is 1. The highest BCUT2D eigenvalue weighted by molar-refractivity contribution is 5.77. The standard InChI is InChI=1S/C18H25F3N4O/c19-15-7-17(21)16(20)5-11(15)4-12(22)6-18(26)25-3-1-2-14(25)10-24-13-8-23-9-13/h5,7,12-14,23-24H,1-4,6,8-10,22H2/t12-,14?/m1/s1. The van der Waals surface area contributed by atoms with Crippen LogP contribution in [0, 0.1) is 17.5 Å². The fourth-order valence-electron chi connectivity index (χ4n) is 3.53. The number of rotatable bonds is 7. The number of nitrogens with one attached hydrogen (secondary N) is 2. The Kier molecular flexibility index (Phi) is 6.16. The van der Waals surface area contributed by atoms with Crippen LogP contribution in [0.3, 0.4) is 0 Å². The Bertz CT molecular complexity index is 654. The molecule has 0 saturated carbocycles. The van der Waals surface area contributed by atoms with E-state index in [-0.39, 0.29) is 30.4 Å². The van der Waals surface area contributed by atoms with Crippen LogP contribution in [0.25, 0.3) is 0 Å². The molecule has 26 heavy (non-hydrogen) atoms. The molecule has 144 valence electrons. The number of halogens is 3. The lowest BCUT2D eigenvalue weighted by Crippen LogP contribution is -2.57. The summed E-state index contributed by atoms with van der Waals surface area (Å²) in [5.41, 5.74) is 5.96. The number of carbonyl (C=O) groups is 1. The highest BCUT2D eigenvalue weighted by Gasteiger charge is 2.30. The van der Waals surface area contributed by atoms with Crippen molar-refractivity contribution in [2.45, 2.75) is 43.8 Å². The molecule has 3 rings (SSSR count). The van der Waals surface area contributed by atoms with E-state index in [9.17, 15) is 18.0 Å². The molecule has 1 aromatic rings. The normalized spacial score (nSPS) is 21.7. The van der Waals surface area contributed by atoms with E-state index in [1.165, 1.54) is 0 Å². The molecule has 1 amide bonds. The molecule has 0 bridgehead atoms. The van der Waals surface area contributed by atoms with Gasteiger partial charge in [0.25, 0.3) is 0 Å². The largest absolute Gasteiger partial charge is 0.338 e. The number of benzene rings is 1. The van der Waals surface area contributed by atoms with Gasteiger partial charge in [0, 0.05) is 56.8 Å². The molecule has 0 aromatic heterocycles. The molecule has 1 aromatic carbocycles. The number of likely N-dealkylation sites (tertiary alicyclic amines) is 1. The zero-order valence-electron chi connectivity index (χ0n) is 14.6. The maximum absolute atomic E-state index is 13.7. The lowest BCUT2D eigenvalue weighted by molar-refractivity contribution is -0.132. The molecule has 2 aliphatic rings. The monoisotopic (exact) mass is 370 g/mol. The van der Waals surface area contributed by atoms with Crippen molar-refractivity contribution >= 4 is 5.91 Å². The van der Waals surface area contributed by atoms with Crippen molar-refractivity contribution in [3.63, 3.8) is 0 Å². The van der Waals surface area contributed by atoms with Crippen molar-refractivity contribution in [2.24, 2.45) is 5.73 Å². The number of hydrogen-bond donors (Lipinski definition) is 3. The van der Waals surface area contributed by atoms with Gasteiger partial charge in [0.1, 0.15) is 5.82 Å². The molecule has 2 aliphatic heterocycles. The minimum Gasteiger partial charge on any atom is -0.338 e. The Morgan fingerprint density at radius 2 is 2.00 bits per heavy atom. The van der Waals surface area contributed by atoms with E-state index in [1.807, 2.05) is 4.90 Å². The van der Waals surface area contributed by atoms with E-state index < -0.39 is 23.5 Å². The molecule has 5 nitrogen and oxygen atoms in total. The summed E-state index contributed by atoms with van der Waals surface area (Å²) in [7, 11) is 0. The molecule has 0 spiro atoms. The fraction of sp³-hybridized carbons (Fsp3) is 0.611. The molecular formula is C18H25F3N4O. The lowest BCUT2D eigenvalue weighted by Gasteiger charge is -2.32. The zero-order valence-corrected chi connectivity index (χ0v) is 14.6. The van der Waals surface area contributed by atoms with Gasteiger partial charge in [-0.05, 0) is 30.9 Å². The maximum atomic E-state index is 13.7. The van der Waals surface area contributed by atoms with Crippen LogP contribution in [0.15, 0.2) is 12.1 Å². The molecule has 2 saturated heterocycles. The van der Waals surface area contributed by atoms with Crippen LogP contribution in [-0.2, 0) is 11.2 Å². The topological polar surface area (TPSA) is 70.4 Å². The summed E-state index contributed by atoms with van der Waals surface area (Å²) in [6, 6.07) is 1.29. The Morgan fingerprint density at radius 1 is 1.27 bits per heavy atom. The molecule has 2 atom stereocenters. The molecule has 2 fully saturated rings. The van der Waals surface area contributed by atoms with Gasteiger partial charge in [-0.2, -0.15) is 0 Å². The van der Waals surface area contributed by atoms with E-state index in [0.717, 1.165) is 38.5 Å². The average Bonchev–Trinajstić information content (AvgIpc) is 2.99. The van der Waals surface area contributed by atoms with Gasteiger partial charge < -0.3 is 21.3 Å². The molecule has 0 aliphatic carbocycles. The first-order valence-electron chi connectivity index (χ1n) is 9.06. The van der Waals surface area contributed by atoms with E-state index >= 15 is 0 Å². The third kappa shape index (κ3) is 4.55. The quantitative estimate of drug-likeness (QED) is 0.624. The van der Waals surface area contributed by atoms with E-state index in [4.69, 9.17) is 5.73 Å². The van der Waals surface area contributed by atoms with Crippen molar-refractivity contribution in [3.05, 3.63) is 35.1 Å². The predicted molar refractivity (Wildman–Crippen MR) is 92.0 cm³/mol. The van der Waals surface area contributed by atoms with Gasteiger partial charge in [0.05, 0.1) is 0 Å². The van der Waals surface area contributed by atoms with Gasteiger partial charge in [-0.1, -0.05) is 0 Å². The van der Waals surface area contributed by atoms with Gasteiger partial charge in [-0.25, -0.2) is 13.2 Å². The molecule has 4 N–H and O–H groups in total. The molecular weight excluding hydrogens is 345 g/mol. The van der Waals surface area contributed by atoms with Crippen molar-refractivity contribution in [1.29, 1.82) is 0 Å².